The Morgan fingerprint density at radius 1 is 1.47 bits per heavy atom. The summed E-state index contributed by atoms with van der Waals surface area (Å²) >= 11 is 5.89. The van der Waals surface area contributed by atoms with Crippen LogP contribution in [-0.2, 0) is 0 Å². The van der Waals surface area contributed by atoms with Crippen LogP contribution in [0.5, 0.6) is 0 Å². The summed E-state index contributed by atoms with van der Waals surface area (Å²) in [4.78, 5) is 18.4. The fraction of sp³-hybridized carbons (Fsp3) is 0. The second kappa shape index (κ2) is 3.70. The lowest BCUT2D eigenvalue weighted by molar-refractivity contribution is 0.0681. The van der Waals surface area contributed by atoms with Crippen molar-refractivity contribution in [2.45, 2.75) is 0 Å². The average Bonchev–Trinajstić information content (AvgIpc) is 2.67. The predicted octanol–water partition coefficient (Wildman–Crippen LogP) is 1.62. The smallest absolute Gasteiger partial charge is 0.372 e. The van der Waals surface area contributed by atoms with Crippen LogP contribution in [0.4, 0.5) is 0 Å². The van der Waals surface area contributed by atoms with E-state index in [-0.39, 0.29) is 5.82 Å². The molecule has 15 heavy (non-hydrogen) atoms. The molecule has 0 spiro atoms. The van der Waals surface area contributed by atoms with Gasteiger partial charge in [-0.2, -0.15) is 0 Å². The maximum Gasteiger partial charge on any atom is 0.372 e. The standard InChI is InChI=1S/C9H6ClN3O2/c10-6-5-11-2-1-7(6)13-4-3-12-8(13)9(14)15/h1-5H,(H,14,15). The Morgan fingerprint density at radius 3 is 2.93 bits per heavy atom. The first-order chi connectivity index (χ1) is 7.20. The van der Waals surface area contributed by atoms with E-state index < -0.39 is 5.97 Å². The van der Waals surface area contributed by atoms with Gasteiger partial charge in [0.15, 0.2) is 0 Å². The van der Waals surface area contributed by atoms with Crippen LogP contribution >= 0.6 is 11.6 Å². The number of carboxylic acid groups (broad SMARTS) is 1. The van der Waals surface area contributed by atoms with Gasteiger partial charge in [0, 0.05) is 24.8 Å². The molecule has 1 N–H and O–H groups in total. The fourth-order valence-electron chi connectivity index (χ4n) is 1.22. The molecule has 0 atom stereocenters. The lowest BCUT2D eigenvalue weighted by Crippen LogP contribution is -2.07. The van der Waals surface area contributed by atoms with Crippen LogP contribution in [0.3, 0.4) is 0 Å². The molecule has 0 aliphatic rings. The lowest BCUT2D eigenvalue weighted by Gasteiger charge is -2.05. The minimum absolute atomic E-state index is 0.0805. The minimum Gasteiger partial charge on any atom is -0.475 e. The predicted molar refractivity (Wildman–Crippen MR) is 53.3 cm³/mol. The summed E-state index contributed by atoms with van der Waals surface area (Å²) < 4.78 is 1.40. The normalized spacial score (nSPS) is 10.2. The van der Waals surface area contributed by atoms with Crippen LogP contribution in [-0.4, -0.2) is 25.6 Å². The van der Waals surface area contributed by atoms with Crippen molar-refractivity contribution < 1.29 is 9.90 Å². The highest BCUT2D eigenvalue weighted by Crippen LogP contribution is 2.19. The summed E-state index contributed by atoms with van der Waals surface area (Å²) in [5.41, 5.74) is 0.543. The van der Waals surface area contributed by atoms with E-state index in [0.29, 0.717) is 10.7 Å². The van der Waals surface area contributed by atoms with E-state index in [1.54, 1.807) is 6.07 Å². The molecule has 0 aromatic carbocycles. The first-order valence-electron chi connectivity index (χ1n) is 4.06. The highest BCUT2D eigenvalue weighted by Gasteiger charge is 2.13. The molecule has 2 aromatic heterocycles. The number of carbonyl (C=O) groups is 1. The van der Waals surface area contributed by atoms with Gasteiger partial charge in [-0.3, -0.25) is 9.55 Å². The van der Waals surface area contributed by atoms with Gasteiger partial charge in [0.2, 0.25) is 5.82 Å². The van der Waals surface area contributed by atoms with E-state index in [2.05, 4.69) is 9.97 Å². The van der Waals surface area contributed by atoms with Gasteiger partial charge in [-0.15, -0.1) is 0 Å². The molecule has 5 nitrogen and oxygen atoms in total. The van der Waals surface area contributed by atoms with Crippen molar-refractivity contribution in [1.82, 2.24) is 14.5 Å². The maximum absolute atomic E-state index is 10.8. The average molecular weight is 224 g/mol. The van der Waals surface area contributed by atoms with Crippen molar-refractivity contribution in [1.29, 1.82) is 0 Å². The third-order valence-corrected chi connectivity index (χ3v) is 2.13. The Hall–Kier alpha value is -1.88. The number of pyridine rings is 1. The Bertz CT molecular complexity index is 510. The molecule has 0 unspecified atom stereocenters. The number of aromatic carboxylic acids is 1. The minimum atomic E-state index is -1.10. The van der Waals surface area contributed by atoms with Gasteiger partial charge >= 0.3 is 5.97 Å². The van der Waals surface area contributed by atoms with E-state index in [1.807, 2.05) is 0 Å². The molecule has 0 fully saturated rings. The second-order valence-electron chi connectivity index (χ2n) is 2.75. The molecule has 0 bridgehead atoms. The van der Waals surface area contributed by atoms with E-state index in [0.717, 1.165) is 0 Å². The van der Waals surface area contributed by atoms with E-state index in [9.17, 15) is 4.79 Å². The first kappa shape index (κ1) is 9.67. The third-order valence-electron chi connectivity index (χ3n) is 1.84. The molecule has 0 amide bonds. The van der Waals surface area contributed by atoms with Gasteiger partial charge in [-0.05, 0) is 6.07 Å². The van der Waals surface area contributed by atoms with Gasteiger partial charge in [-0.25, -0.2) is 9.78 Å². The van der Waals surface area contributed by atoms with Crippen LogP contribution in [0, 0.1) is 0 Å². The number of nitrogens with zero attached hydrogens (tertiary/aromatic N) is 3. The number of aromatic nitrogens is 3. The van der Waals surface area contributed by atoms with Crippen molar-refractivity contribution in [3.8, 4) is 5.69 Å². The van der Waals surface area contributed by atoms with Gasteiger partial charge in [0.25, 0.3) is 0 Å². The zero-order valence-electron chi connectivity index (χ0n) is 7.46. The van der Waals surface area contributed by atoms with Gasteiger partial charge in [0.05, 0.1) is 10.7 Å². The molecule has 0 aliphatic heterocycles. The van der Waals surface area contributed by atoms with Crippen LogP contribution in [0.1, 0.15) is 10.6 Å². The quantitative estimate of drug-likeness (QED) is 0.840. The molecule has 2 heterocycles. The number of rotatable bonds is 2. The van der Waals surface area contributed by atoms with E-state index in [1.165, 1.54) is 29.4 Å². The Balaban J connectivity index is 2.59. The molecule has 0 saturated carbocycles. The van der Waals surface area contributed by atoms with Crippen LogP contribution in [0.15, 0.2) is 30.9 Å². The number of carboxylic acids is 1. The van der Waals surface area contributed by atoms with E-state index >= 15 is 0 Å². The third kappa shape index (κ3) is 1.69. The summed E-state index contributed by atoms with van der Waals surface area (Å²) in [5, 5.41) is 9.24. The molecule has 0 saturated heterocycles. The number of hydrogen-bond acceptors (Lipinski definition) is 3. The topological polar surface area (TPSA) is 68.0 Å². The highest BCUT2D eigenvalue weighted by atomic mass is 35.5. The maximum atomic E-state index is 10.8. The Labute approximate surface area is 90.0 Å². The van der Waals surface area contributed by atoms with Crippen molar-refractivity contribution in [2.24, 2.45) is 0 Å². The van der Waals surface area contributed by atoms with Crippen molar-refractivity contribution in [3.63, 3.8) is 0 Å². The van der Waals surface area contributed by atoms with Gasteiger partial charge < -0.3 is 5.11 Å². The molecule has 76 valence electrons. The number of imidazole rings is 1. The summed E-state index contributed by atoms with van der Waals surface area (Å²) in [5.74, 6) is -1.18. The summed E-state index contributed by atoms with van der Waals surface area (Å²) in [6.07, 6.45) is 5.92. The van der Waals surface area contributed by atoms with Crippen LogP contribution < -0.4 is 0 Å². The molecule has 0 aliphatic carbocycles. The molecule has 2 rings (SSSR count). The second-order valence-corrected chi connectivity index (χ2v) is 3.16. The van der Waals surface area contributed by atoms with Crippen LogP contribution in [0.25, 0.3) is 5.69 Å². The van der Waals surface area contributed by atoms with Gasteiger partial charge in [0.1, 0.15) is 0 Å². The Morgan fingerprint density at radius 2 is 2.27 bits per heavy atom. The summed E-state index contributed by atoms with van der Waals surface area (Å²) in [6, 6.07) is 1.62. The fourth-order valence-corrected chi connectivity index (χ4v) is 1.43. The largest absolute Gasteiger partial charge is 0.475 e. The van der Waals surface area contributed by atoms with Crippen LogP contribution in [0.2, 0.25) is 5.02 Å². The van der Waals surface area contributed by atoms with E-state index in [4.69, 9.17) is 16.7 Å². The lowest BCUT2D eigenvalue weighted by atomic mass is 10.4. The zero-order valence-corrected chi connectivity index (χ0v) is 8.22. The van der Waals surface area contributed by atoms with Crippen molar-refractivity contribution in [2.75, 3.05) is 0 Å². The summed E-state index contributed by atoms with van der Waals surface area (Å²) in [6.45, 7) is 0. The number of halogens is 1. The number of hydrogen-bond donors (Lipinski definition) is 1. The first-order valence-corrected chi connectivity index (χ1v) is 4.44. The van der Waals surface area contributed by atoms with Crippen molar-refractivity contribution in [3.05, 3.63) is 41.7 Å². The zero-order chi connectivity index (χ0) is 10.8. The van der Waals surface area contributed by atoms with Crippen molar-refractivity contribution >= 4 is 17.6 Å². The molecular weight excluding hydrogens is 218 g/mol. The SMILES string of the molecule is O=C(O)c1nccn1-c1ccncc1Cl. The highest BCUT2D eigenvalue weighted by molar-refractivity contribution is 6.32. The summed E-state index contributed by atoms with van der Waals surface area (Å²) in [7, 11) is 0. The molecular formula is C9H6ClN3O2. The molecule has 6 heteroatoms. The Kier molecular flexibility index (Phi) is 2.39. The molecule has 0 radical (unpaired) electrons. The molecule has 2 aromatic rings. The monoisotopic (exact) mass is 223 g/mol. The van der Waals surface area contributed by atoms with Gasteiger partial charge in [-0.1, -0.05) is 11.6 Å².